The lowest BCUT2D eigenvalue weighted by Gasteiger charge is -2.21. The second kappa shape index (κ2) is 14.6. The molecule has 0 aromatic heterocycles. The van der Waals surface area contributed by atoms with Crippen LogP contribution in [-0.4, -0.2) is 76.8 Å². The first-order chi connectivity index (χ1) is 13.6. The summed E-state index contributed by atoms with van der Waals surface area (Å²) in [5.74, 6) is -4.57. The van der Waals surface area contributed by atoms with Crippen molar-refractivity contribution in [1.82, 2.24) is 16.0 Å². The molecule has 0 aliphatic rings. The zero-order valence-electron chi connectivity index (χ0n) is 15.9. The van der Waals surface area contributed by atoms with Crippen LogP contribution < -0.4 is 27.4 Å². The van der Waals surface area contributed by atoms with Crippen LogP contribution >= 0.6 is 12.6 Å². The molecule has 3 amide bonds. The van der Waals surface area contributed by atoms with Crippen LogP contribution in [0.25, 0.3) is 0 Å². The van der Waals surface area contributed by atoms with Crippen molar-refractivity contribution >= 4 is 42.3 Å². The molecule has 0 saturated heterocycles. The molecule has 9 N–H and O–H groups in total. The minimum Gasteiger partial charge on any atom is -0.481 e. The van der Waals surface area contributed by atoms with Gasteiger partial charge in [0.25, 0.3) is 0 Å². The number of nitrogens with one attached hydrogen (secondary N) is 3. The number of hydrogen-bond donors (Lipinski definition) is 8. The van der Waals surface area contributed by atoms with Gasteiger partial charge in [-0.3, -0.25) is 19.2 Å². The normalized spacial score (nSPS) is 13.6. The minimum atomic E-state index is -1.26. The van der Waals surface area contributed by atoms with E-state index in [0.717, 1.165) is 0 Å². The summed E-state index contributed by atoms with van der Waals surface area (Å²) in [6, 6.07) is -3.31. The lowest BCUT2D eigenvalue weighted by molar-refractivity contribution is -0.141. The molecular weight excluding hydrogens is 406 g/mol. The van der Waals surface area contributed by atoms with E-state index >= 15 is 0 Å². The molecule has 12 nitrogen and oxygen atoms in total. The van der Waals surface area contributed by atoms with Gasteiger partial charge in [-0.15, -0.1) is 0 Å². The average Bonchev–Trinajstić information content (AvgIpc) is 2.67. The molecular formula is C16H29N5O7S. The van der Waals surface area contributed by atoms with Gasteiger partial charge in [-0.2, -0.15) is 12.6 Å². The van der Waals surface area contributed by atoms with E-state index < -0.39 is 54.3 Å². The molecule has 13 heteroatoms. The van der Waals surface area contributed by atoms with E-state index in [1.807, 2.05) is 0 Å². The first-order valence-electron chi connectivity index (χ1n) is 9.00. The SMILES string of the molecule is NCCCCC(NC(=O)C(N)CCC(=O)O)C(=O)NCC(=O)NC(CS)C(=O)O. The summed E-state index contributed by atoms with van der Waals surface area (Å²) in [5, 5.41) is 24.5. The van der Waals surface area contributed by atoms with Gasteiger partial charge in [0, 0.05) is 12.2 Å². The molecule has 0 rings (SSSR count). The summed E-state index contributed by atoms with van der Waals surface area (Å²) in [6.07, 6.45) is 0.964. The van der Waals surface area contributed by atoms with Crippen molar-refractivity contribution in [2.24, 2.45) is 11.5 Å². The maximum atomic E-state index is 12.4. The molecule has 0 heterocycles. The van der Waals surface area contributed by atoms with Crippen molar-refractivity contribution in [1.29, 1.82) is 0 Å². The Morgan fingerprint density at radius 1 is 0.931 bits per heavy atom. The fraction of sp³-hybridized carbons (Fsp3) is 0.688. The zero-order chi connectivity index (χ0) is 22.4. The van der Waals surface area contributed by atoms with E-state index in [4.69, 9.17) is 21.7 Å². The highest BCUT2D eigenvalue weighted by atomic mass is 32.1. The molecule has 29 heavy (non-hydrogen) atoms. The molecule has 0 aromatic carbocycles. The smallest absolute Gasteiger partial charge is 0.327 e. The Morgan fingerprint density at radius 2 is 1.59 bits per heavy atom. The van der Waals surface area contributed by atoms with Crippen molar-refractivity contribution in [2.75, 3.05) is 18.8 Å². The molecule has 0 spiro atoms. The van der Waals surface area contributed by atoms with Crippen LogP contribution in [0.15, 0.2) is 0 Å². The number of rotatable bonds is 15. The quantitative estimate of drug-likeness (QED) is 0.0998. The molecule has 0 aliphatic heterocycles. The highest BCUT2D eigenvalue weighted by Gasteiger charge is 2.25. The van der Waals surface area contributed by atoms with Crippen molar-refractivity contribution in [2.45, 2.75) is 50.2 Å². The number of carboxylic acid groups (broad SMARTS) is 2. The van der Waals surface area contributed by atoms with Gasteiger partial charge in [-0.25, -0.2) is 4.79 Å². The van der Waals surface area contributed by atoms with E-state index in [1.165, 1.54) is 0 Å². The molecule has 3 unspecified atom stereocenters. The second-order valence-corrected chi connectivity index (χ2v) is 6.61. The van der Waals surface area contributed by atoms with Crippen LogP contribution in [0.3, 0.4) is 0 Å². The van der Waals surface area contributed by atoms with Gasteiger partial charge >= 0.3 is 11.9 Å². The first kappa shape index (κ1) is 26.6. The highest BCUT2D eigenvalue weighted by molar-refractivity contribution is 7.80. The van der Waals surface area contributed by atoms with Gasteiger partial charge in [0.05, 0.1) is 12.6 Å². The second-order valence-electron chi connectivity index (χ2n) is 6.24. The number of carbonyl (C=O) groups is 5. The van der Waals surface area contributed by atoms with Crippen molar-refractivity contribution in [3.05, 3.63) is 0 Å². The lowest BCUT2D eigenvalue weighted by atomic mass is 10.1. The standard InChI is InChI=1S/C16H29N5O7S/c17-6-2-1-3-10(21-14(25)9(18)4-5-13(23)24)15(26)19-7-12(22)20-11(8-29)16(27)28/h9-11,29H,1-8,17-18H2,(H,19,26)(H,20,22)(H,21,25)(H,23,24)(H,27,28). The maximum absolute atomic E-state index is 12.4. The molecule has 0 radical (unpaired) electrons. The Balaban J connectivity index is 4.77. The Morgan fingerprint density at radius 3 is 2.10 bits per heavy atom. The fourth-order valence-corrected chi connectivity index (χ4v) is 2.42. The summed E-state index contributed by atoms with van der Waals surface area (Å²) >= 11 is 3.82. The summed E-state index contributed by atoms with van der Waals surface area (Å²) in [4.78, 5) is 57.7. The molecule has 166 valence electrons. The molecule has 0 aliphatic carbocycles. The van der Waals surface area contributed by atoms with Crippen LogP contribution in [0.4, 0.5) is 0 Å². The summed E-state index contributed by atoms with van der Waals surface area (Å²) in [7, 11) is 0. The highest BCUT2D eigenvalue weighted by Crippen LogP contribution is 2.03. The summed E-state index contributed by atoms with van der Waals surface area (Å²) < 4.78 is 0. The molecule has 0 fully saturated rings. The number of carbonyl (C=O) groups excluding carboxylic acids is 3. The largest absolute Gasteiger partial charge is 0.481 e. The number of amides is 3. The Labute approximate surface area is 173 Å². The molecule has 0 bridgehead atoms. The van der Waals surface area contributed by atoms with E-state index in [9.17, 15) is 24.0 Å². The van der Waals surface area contributed by atoms with Crippen molar-refractivity contribution in [3.63, 3.8) is 0 Å². The van der Waals surface area contributed by atoms with Crippen LogP contribution in [0.2, 0.25) is 0 Å². The van der Waals surface area contributed by atoms with Crippen LogP contribution in [0.5, 0.6) is 0 Å². The van der Waals surface area contributed by atoms with Gasteiger partial charge in [-0.05, 0) is 32.2 Å². The Bertz CT molecular complexity index is 590. The van der Waals surface area contributed by atoms with E-state index in [2.05, 4.69) is 28.6 Å². The van der Waals surface area contributed by atoms with Gasteiger partial charge in [0.1, 0.15) is 12.1 Å². The third-order valence-corrected chi connectivity index (χ3v) is 4.19. The van der Waals surface area contributed by atoms with Crippen LogP contribution in [0, 0.1) is 0 Å². The number of aliphatic carboxylic acids is 2. The Kier molecular flexibility index (Phi) is 13.4. The topological polar surface area (TPSA) is 214 Å². The third kappa shape index (κ3) is 11.9. The maximum Gasteiger partial charge on any atom is 0.327 e. The predicted octanol–water partition coefficient (Wildman–Crippen LogP) is -2.59. The van der Waals surface area contributed by atoms with E-state index in [-0.39, 0.29) is 25.0 Å². The van der Waals surface area contributed by atoms with Gasteiger partial charge < -0.3 is 37.6 Å². The molecule has 0 saturated carbocycles. The first-order valence-corrected chi connectivity index (χ1v) is 9.64. The number of carboxylic acids is 2. The number of nitrogens with two attached hydrogens (primary N) is 2. The number of hydrogen-bond acceptors (Lipinski definition) is 8. The third-order valence-electron chi connectivity index (χ3n) is 3.82. The zero-order valence-corrected chi connectivity index (χ0v) is 16.8. The Hall–Kier alpha value is -2.38. The van der Waals surface area contributed by atoms with Gasteiger partial charge in [0.15, 0.2) is 0 Å². The van der Waals surface area contributed by atoms with Gasteiger partial charge in [0.2, 0.25) is 17.7 Å². The van der Waals surface area contributed by atoms with E-state index in [1.54, 1.807) is 0 Å². The predicted molar refractivity (Wildman–Crippen MR) is 106 cm³/mol. The lowest BCUT2D eigenvalue weighted by Crippen LogP contribution is -2.53. The summed E-state index contributed by atoms with van der Waals surface area (Å²) in [5.41, 5.74) is 11.1. The summed E-state index contributed by atoms with van der Waals surface area (Å²) in [6.45, 7) is -0.103. The van der Waals surface area contributed by atoms with Crippen LogP contribution in [0.1, 0.15) is 32.1 Å². The average molecular weight is 436 g/mol. The van der Waals surface area contributed by atoms with Crippen molar-refractivity contribution < 1.29 is 34.2 Å². The molecule has 0 aromatic rings. The van der Waals surface area contributed by atoms with Crippen molar-refractivity contribution in [3.8, 4) is 0 Å². The minimum absolute atomic E-state index is 0.0962. The number of unbranched alkanes of at least 4 members (excludes halogenated alkanes) is 1. The van der Waals surface area contributed by atoms with E-state index in [0.29, 0.717) is 19.4 Å². The van der Waals surface area contributed by atoms with Crippen LogP contribution in [-0.2, 0) is 24.0 Å². The fourth-order valence-electron chi connectivity index (χ4n) is 2.17. The van der Waals surface area contributed by atoms with Gasteiger partial charge in [-0.1, -0.05) is 0 Å². The molecule has 3 atom stereocenters. The number of thiol groups is 1. The monoisotopic (exact) mass is 435 g/mol.